The van der Waals surface area contributed by atoms with Gasteiger partial charge in [0.15, 0.2) is 5.69 Å². The minimum Gasteiger partial charge on any atom is -0.446 e. The Bertz CT molecular complexity index is 612. The maximum atomic E-state index is 12.0. The molecular formula is C11H12N4O3S. The van der Waals surface area contributed by atoms with Crippen molar-refractivity contribution in [1.82, 2.24) is 14.7 Å². The van der Waals surface area contributed by atoms with Crippen LogP contribution in [0.1, 0.15) is 37.3 Å². The van der Waals surface area contributed by atoms with Crippen molar-refractivity contribution in [2.75, 3.05) is 0 Å². The smallest absolute Gasteiger partial charge is 0.270 e. The zero-order chi connectivity index (χ0) is 14.0. The summed E-state index contributed by atoms with van der Waals surface area (Å²) >= 11 is 1.28. The van der Waals surface area contributed by atoms with Gasteiger partial charge in [-0.25, -0.2) is 4.98 Å². The topological polar surface area (TPSA) is 111 Å². The van der Waals surface area contributed by atoms with Crippen LogP contribution < -0.4 is 11.1 Å². The van der Waals surface area contributed by atoms with E-state index in [1.54, 1.807) is 6.92 Å². The van der Waals surface area contributed by atoms with Gasteiger partial charge in [-0.05, 0) is 25.4 Å². The first-order chi connectivity index (χ1) is 8.99. The quantitative estimate of drug-likeness (QED) is 0.859. The van der Waals surface area contributed by atoms with E-state index in [9.17, 15) is 9.59 Å². The number of amides is 2. The number of nitrogens with one attached hydrogen (secondary N) is 1. The van der Waals surface area contributed by atoms with Gasteiger partial charge in [0.25, 0.3) is 11.8 Å². The number of primary amides is 1. The average molecular weight is 280 g/mol. The van der Waals surface area contributed by atoms with Crippen LogP contribution in [0.5, 0.6) is 0 Å². The molecule has 0 fully saturated rings. The first-order valence-electron chi connectivity index (χ1n) is 5.44. The van der Waals surface area contributed by atoms with Gasteiger partial charge in [-0.2, -0.15) is 4.37 Å². The number of aryl methyl sites for hydroxylation is 2. The van der Waals surface area contributed by atoms with E-state index in [1.165, 1.54) is 11.5 Å². The summed E-state index contributed by atoms with van der Waals surface area (Å²) in [5.74, 6) is -0.696. The predicted octanol–water partition coefficient (Wildman–Crippen LogP) is 0.777. The van der Waals surface area contributed by atoms with Gasteiger partial charge < -0.3 is 15.5 Å². The van der Waals surface area contributed by atoms with Crippen molar-refractivity contribution in [2.24, 2.45) is 5.73 Å². The molecule has 2 heterocycles. The molecule has 2 aromatic rings. The van der Waals surface area contributed by atoms with Crippen LogP contribution in [0.25, 0.3) is 0 Å². The molecule has 0 saturated heterocycles. The number of hydrogen-bond donors (Lipinski definition) is 2. The third-order valence-electron chi connectivity index (χ3n) is 2.46. The Kier molecular flexibility index (Phi) is 3.61. The van der Waals surface area contributed by atoms with Crippen LogP contribution >= 0.6 is 11.5 Å². The third-order valence-corrected chi connectivity index (χ3v) is 3.31. The molecule has 3 N–H and O–H groups in total. The summed E-state index contributed by atoms with van der Waals surface area (Å²) in [6.07, 6.45) is 1.16. The predicted molar refractivity (Wildman–Crippen MR) is 67.8 cm³/mol. The second kappa shape index (κ2) is 5.19. The van der Waals surface area contributed by atoms with Crippen LogP contribution in [0, 0.1) is 13.8 Å². The van der Waals surface area contributed by atoms with Gasteiger partial charge in [0.1, 0.15) is 6.26 Å². The van der Waals surface area contributed by atoms with Crippen LogP contribution in [0.15, 0.2) is 10.7 Å². The van der Waals surface area contributed by atoms with Crippen LogP contribution in [0.3, 0.4) is 0 Å². The molecule has 0 aliphatic rings. The molecule has 100 valence electrons. The van der Waals surface area contributed by atoms with Gasteiger partial charge in [-0.1, -0.05) is 0 Å². The molecule has 0 spiro atoms. The minimum absolute atomic E-state index is 0.0359. The monoisotopic (exact) mass is 280 g/mol. The van der Waals surface area contributed by atoms with E-state index in [-0.39, 0.29) is 24.0 Å². The number of rotatable bonds is 4. The molecule has 0 unspecified atom stereocenters. The largest absolute Gasteiger partial charge is 0.446 e. The SMILES string of the molecule is Cc1nsc(C)c1C(=O)NCc1nc(C(N)=O)co1. The van der Waals surface area contributed by atoms with Crippen molar-refractivity contribution >= 4 is 23.3 Å². The Morgan fingerprint density at radius 2 is 2.21 bits per heavy atom. The van der Waals surface area contributed by atoms with E-state index in [4.69, 9.17) is 10.2 Å². The summed E-state index contributed by atoms with van der Waals surface area (Å²) in [4.78, 5) is 27.5. The molecule has 0 atom stereocenters. The fourth-order valence-corrected chi connectivity index (χ4v) is 2.25. The number of carbonyl (C=O) groups excluding carboxylic acids is 2. The first kappa shape index (κ1) is 13.2. The Hall–Kier alpha value is -2.22. The zero-order valence-corrected chi connectivity index (χ0v) is 11.2. The minimum atomic E-state index is -0.671. The molecule has 0 aliphatic carbocycles. The number of nitrogens with two attached hydrogens (primary N) is 1. The summed E-state index contributed by atoms with van der Waals surface area (Å²) in [5.41, 5.74) is 6.33. The summed E-state index contributed by atoms with van der Waals surface area (Å²) in [6, 6.07) is 0. The summed E-state index contributed by atoms with van der Waals surface area (Å²) in [7, 11) is 0. The molecule has 19 heavy (non-hydrogen) atoms. The number of oxazole rings is 1. The van der Waals surface area contributed by atoms with Crippen molar-refractivity contribution in [1.29, 1.82) is 0 Å². The van der Waals surface area contributed by atoms with E-state index in [2.05, 4.69) is 14.7 Å². The maximum Gasteiger partial charge on any atom is 0.270 e. The standard InChI is InChI=1S/C11H12N4O3S/c1-5-9(6(2)19-15-5)11(17)13-3-8-14-7(4-18-8)10(12)16/h4H,3H2,1-2H3,(H2,12,16)(H,13,17). The van der Waals surface area contributed by atoms with Gasteiger partial charge in [0.2, 0.25) is 5.89 Å². The molecule has 2 rings (SSSR count). The lowest BCUT2D eigenvalue weighted by atomic mass is 10.2. The van der Waals surface area contributed by atoms with Crippen LogP contribution in [0.4, 0.5) is 0 Å². The Morgan fingerprint density at radius 3 is 2.74 bits per heavy atom. The van der Waals surface area contributed by atoms with Crippen LogP contribution in [-0.4, -0.2) is 21.2 Å². The molecule has 2 aromatic heterocycles. The van der Waals surface area contributed by atoms with Gasteiger partial charge in [-0.15, -0.1) is 0 Å². The lowest BCUT2D eigenvalue weighted by Gasteiger charge is -2.02. The fraction of sp³-hybridized carbons (Fsp3) is 0.273. The highest BCUT2D eigenvalue weighted by Crippen LogP contribution is 2.16. The molecule has 2 amide bonds. The van der Waals surface area contributed by atoms with Crippen molar-refractivity contribution in [3.63, 3.8) is 0 Å². The fourth-order valence-electron chi connectivity index (χ4n) is 1.56. The number of hydrogen-bond acceptors (Lipinski definition) is 6. The maximum absolute atomic E-state index is 12.0. The Balaban J connectivity index is 2.02. The van der Waals surface area contributed by atoms with Crippen molar-refractivity contribution in [2.45, 2.75) is 20.4 Å². The lowest BCUT2D eigenvalue weighted by Crippen LogP contribution is -2.24. The second-order valence-electron chi connectivity index (χ2n) is 3.87. The van der Waals surface area contributed by atoms with Gasteiger partial charge in [0.05, 0.1) is 17.8 Å². The highest BCUT2D eigenvalue weighted by atomic mass is 32.1. The van der Waals surface area contributed by atoms with Crippen molar-refractivity contribution in [3.8, 4) is 0 Å². The van der Waals surface area contributed by atoms with E-state index in [1.807, 2.05) is 6.92 Å². The van der Waals surface area contributed by atoms with Gasteiger partial charge >= 0.3 is 0 Å². The number of aromatic nitrogens is 2. The highest BCUT2D eigenvalue weighted by molar-refractivity contribution is 7.06. The van der Waals surface area contributed by atoms with Crippen LogP contribution in [0.2, 0.25) is 0 Å². The molecule has 0 radical (unpaired) electrons. The molecule has 7 nitrogen and oxygen atoms in total. The van der Waals surface area contributed by atoms with E-state index in [0.717, 1.165) is 11.1 Å². The molecular weight excluding hydrogens is 268 g/mol. The molecule has 0 aliphatic heterocycles. The van der Waals surface area contributed by atoms with E-state index >= 15 is 0 Å². The summed E-state index contributed by atoms with van der Waals surface area (Å²) < 4.78 is 9.11. The number of nitrogens with zero attached hydrogens (tertiary/aromatic N) is 2. The van der Waals surface area contributed by atoms with Gasteiger partial charge in [0, 0.05) is 4.88 Å². The third kappa shape index (κ3) is 2.79. The Morgan fingerprint density at radius 1 is 1.47 bits per heavy atom. The normalized spacial score (nSPS) is 10.4. The summed E-state index contributed by atoms with van der Waals surface area (Å²) in [5, 5.41) is 2.65. The van der Waals surface area contributed by atoms with Crippen LogP contribution in [-0.2, 0) is 6.54 Å². The highest BCUT2D eigenvalue weighted by Gasteiger charge is 2.16. The molecule has 8 heteroatoms. The van der Waals surface area contributed by atoms with Gasteiger partial charge in [-0.3, -0.25) is 9.59 Å². The number of carbonyl (C=O) groups is 2. The molecule has 0 aromatic carbocycles. The second-order valence-corrected chi connectivity index (χ2v) is 4.85. The first-order valence-corrected chi connectivity index (χ1v) is 6.21. The zero-order valence-electron chi connectivity index (χ0n) is 10.4. The molecule has 0 bridgehead atoms. The van der Waals surface area contributed by atoms with Crippen molar-refractivity contribution < 1.29 is 14.0 Å². The Labute approximate surface area is 113 Å². The van der Waals surface area contributed by atoms with Crippen molar-refractivity contribution in [3.05, 3.63) is 34.0 Å². The molecule has 0 saturated carbocycles. The summed E-state index contributed by atoms with van der Waals surface area (Å²) in [6.45, 7) is 3.69. The lowest BCUT2D eigenvalue weighted by molar-refractivity contribution is 0.0945. The average Bonchev–Trinajstić information content (AvgIpc) is 2.94. The van der Waals surface area contributed by atoms with E-state index < -0.39 is 5.91 Å². The van der Waals surface area contributed by atoms with E-state index in [0.29, 0.717) is 11.3 Å².